The molecule has 0 aliphatic carbocycles. The van der Waals surface area contributed by atoms with E-state index in [2.05, 4.69) is 110 Å². The molecule has 5 aromatic carbocycles. The van der Waals surface area contributed by atoms with E-state index in [9.17, 15) is 0 Å². The van der Waals surface area contributed by atoms with Crippen LogP contribution in [0, 0.1) is 20.8 Å². The van der Waals surface area contributed by atoms with Gasteiger partial charge in [0.2, 0.25) is 0 Å². The molecule has 0 unspecified atom stereocenters. The van der Waals surface area contributed by atoms with Gasteiger partial charge in [0.25, 0.3) is 0 Å². The number of nitrogens with one attached hydrogen (secondary N) is 2. The minimum absolute atomic E-state index is 0.833. The van der Waals surface area contributed by atoms with E-state index >= 15 is 0 Å². The molecule has 11 rings (SSSR count). The smallest absolute Gasteiger partial charge is 0.100 e. The quantitative estimate of drug-likeness (QED) is 0.133. The lowest BCUT2D eigenvalue weighted by Gasteiger charge is -2.08. The minimum atomic E-state index is 0.833. The standard InChI is InChI=1S/C47H33N5S6/c1-24-14-15-31(53-24)32-16-18-35(54-32)37-22-29-44(51-49-27-10-6-4-7-11-27)40-26(3)43-41(25(2)42(40)46(29)57-37)45(52-50-28-12-8-5-9-13-28)30-23-38(58-47(30)43)36-19-17-33(55-36)34-20-21-39(48)56-34/h4-23,49-50H,48H2,1-3H3/b51-44+,52-45+. The lowest BCUT2D eigenvalue weighted by atomic mass is 9.98. The summed E-state index contributed by atoms with van der Waals surface area (Å²) < 4.78 is 2.51. The minimum Gasteiger partial charge on any atom is -0.391 e. The first kappa shape index (κ1) is 35.7. The Morgan fingerprint density at radius 2 is 0.828 bits per heavy atom. The first-order valence-electron chi connectivity index (χ1n) is 18.8. The molecular weight excluding hydrogens is 827 g/mol. The van der Waals surface area contributed by atoms with Gasteiger partial charge >= 0.3 is 0 Å². The zero-order valence-electron chi connectivity index (χ0n) is 31.5. The Balaban J connectivity index is 1.16. The van der Waals surface area contributed by atoms with Crippen molar-refractivity contribution in [1.29, 1.82) is 0 Å². The number of benzene rings is 3. The lowest BCUT2D eigenvalue weighted by molar-refractivity contribution is 1.25. The Bertz CT molecular complexity index is 3220. The maximum atomic E-state index is 6.11. The predicted molar refractivity (Wildman–Crippen MR) is 258 cm³/mol. The molecule has 11 aromatic rings. The van der Waals surface area contributed by atoms with Crippen molar-refractivity contribution in [2.24, 2.45) is 10.2 Å². The number of fused-ring (bicyclic) bond motifs is 6. The number of nitrogens with zero attached hydrogens (tertiary/aromatic N) is 2. The fourth-order valence-electron chi connectivity index (χ4n) is 7.93. The second-order valence-corrected chi connectivity index (χ2v) is 20.9. The second-order valence-electron chi connectivity index (χ2n) is 14.3. The third-order valence-electron chi connectivity index (χ3n) is 10.6. The SMILES string of the molecule is Cc1ccc(-c2ccc(-c3cc4/c(=N\Nc5ccccc5)c5c(C)c6c(c(C)c5c4s3)/c(=N/Nc3ccccc3)c3cc(-c4ccc(-c5ccc(N)s5)s4)sc36)s2)s1. The number of hydrogen-bond acceptors (Lipinski definition) is 11. The van der Waals surface area contributed by atoms with Crippen molar-refractivity contribution in [2.75, 3.05) is 16.6 Å². The summed E-state index contributed by atoms with van der Waals surface area (Å²) in [5.74, 6) is 0. The number of anilines is 3. The predicted octanol–water partition coefficient (Wildman–Crippen LogP) is 14.6. The molecule has 0 bridgehead atoms. The molecule has 0 amide bonds. The van der Waals surface area contributed by atoms with Crippen LogP contribution in [0.3, 0.4) is 0 Å². The maximum Gasteiger partial charge on any atom is 0.100 e. The molecule has 58 heavy (non-hydrogen) atoms. The fourth-order valence-corrected chi connectivity index (χ4v) is 14.5. The van der Waals surface area contributed by atoms with E-state index in [1.165, 1.54) is 91.4 Å². The first-order valence-corrected chi connectivity index (χ1v) is 23.7. The first-order chi connectivity index (χ1) is 28.4. The molecule has 282 valence electrons. The molecule has 6 aromatic heterocycles. The maximum absolute atomic E-state index is 6.11. The number of thiophene rings is 6. The van der Waals surface area contributed by atoms with Crippen molar-refractivity contribution >= 4 is 126 Å². The topological polar surface area (TPSA) is 74.8 Å². The van der Waals surface area contributed by atoms with Gasteiger partial charge in [0.1, 0.15) is 10.7 Å². The summed E-state index contributed by atoms with van der Waals surface area (Å²) in [7, 11) is 0. The van der Waals surface area contributed by atoms with Gasteiger partial charge in [-0.15, -0.1) is 68.0 Å². The Kier molecular flexibility index (Phi) is 8.72. The Morgan fingerprint density at radius 3 is 1.26 bits per heavy atom. The number of nitrogen functional groups attached to an aromatic ring is 1. The third kappa shape index (κ3) is 5.95. The van der Waals surface area contributed by atoms with Crippen LogP contribution in [0.2, 0.25) is 0 Å². The monoisotopic (exact) mass is 859 g/mol. The van der Waals surface area contributed by atoms with Gasteiger partial charge in [-0.3, -0.25) is 10.9 Å². The molecule has 11 heteroatoms. The van der Waals surface area contributed by atoms with Gasteiger partial charge in [0.05, 0.1) is 16.4 Å². The molecule has 0 spiro atoms. The number of para-hydroxylation sites is 2. The van der Waals surface area contributed by atoms with E-state index in [4.69, 9.17) is 15.9 Å². The highest BCUT2D eigenvalue weighted by Crippen LogP contribution is 2.48. The number of nitrogens with two attached hydrogens (primary N) is 1. The van der Waals surface area contributed by atoms with E-state index in [-0.39, 0.29) is 0 Å². The summed E-state index contributed by atoms with van der Waals surface area (Å²) in [6, 6.07) is 42.7. The number of aryl methyl sites for hydroxylation is 3. The molecular formula is C47H33N5S6. The van der Waals surface area contributed by atoms with Gasteiger partial charge in [-0.1, -0.05) is 36.4 Å². The second kappa shape index (κ2) is 14.2. The van der Waals surface area contributed by atoms with Gasteiger partial charge in [0, 0.05) is 85.6 Å². The molecule has 6 heterocycles. The zero-order valence-corrected chi connectivity index (χ0v) is 36.4. The molecule has 0 saturated carbocycles. The largest absolute Gasteiger partial charge is 0.391 e. The summed E-state index contributed by atoms with van der Waals surface area (Å²) >= 11 is 10.9. The Morgan fingerprint density at radius 1 is 0.414 bits per heavy atom. The van der Waals surface area contributed by atoms with Crippen LogP contribution in [0.1, 0.15) is 16.0 Å². The molecule has 0 fully saturated rings. The Labute approximate surface area is 358 Å². The van der Waals surface area contributed by atoms with Crippen LogP contribution >= 0.6 is 68.0 Å². The van der Waals surface area contributed by atoms with Crippen molar-refractivity contribution in [3.05, 3.63) is 148 Å². The third-order valence-corrected chi connectivity index (χ3v) is 17.8. The fraction of sp³-hybridized carbons (Fsp3) is 0.0638. The summed E-state index contributed by atoms with van der Waals surface area (Å²) in [6.45, 7) is 6.73. The van der Waals surface area contributed by atoms with Crippen LogP contribution in [-0.2, 0) is 0 Å². The summed E-state index contributed by atoms with van der Waals surface area (Å²) in [4.78, 5) is 11.4. The summed E-state index contributed by atoms with van der Waals surface area (Å²) in [5.41, 5.74) is 17.3. The average molecular weight is 860 g/mol. The zero-order chi connectivity index (χ0) is 39.1. The number of rotatable bonds is 8. The van der Waals surface area contributed by atoms with Gasteiger partial charge in [-0.05, 0) is 117 Å². The van der Waals surface area contributed by atoms with E-state index in [1.54, 1.807) is 11.3 Å². The van der Waals surface area contributed by atoms with Crippen LogP contribution in [-0.4, -0.2) is 0 Å². The normalized spacial score (nSPS) is 12.7. The molecule has 0 saturated heterocycles. The lowest BCUT2D eigenvalue weighted by Crippen LogP contribution is -2.07. The van der Waals surface area contributed by atoms with Crippen LogP contribution in [0.15, 0.2) is 132 Å². The van der Waals surface area contributed by atoms with Gasteiger partial charge in [-0.25, -0.2) is 0 Å². The van der Waals surface area contributed by atoms with E-state index in [0.29, 0.717) is 0 Å². The van der Waals surface area contributed by atoms with Gasteiger partial charge in [0.15, 0.2) is 0 Å². The van der Waals surface area contributed by atoms with Crippen LogP contribution in [0.4, 0.5) is 16.4 Å². The molecule has 0 radical (unpaired) electrons. The van der Waals surface area contributed by atoms with Crippen LogP contribution < -0.4 is 27.3 Å². The molecule has 0 atom stereocenters. The average Bonchev–Trinajstić information content (AvgIpc) is 4.08. The van der Waals surface area contributed by atoms with E-state index in [1.807, 2.05) is 99.1 Å². The van der Waals surface area contributed by atoms with Crippen molar-refractivity contribution in [1.82, 2.24) is 0 Å². The highest BCUT2D eigenvalue weighted by molar-refractivity contribution is 7.30. The van der Waals surface area contributed by atoms with Crippen LogP contribution in [0.25, 0.3) is 80.7 Å². The van der Waals surface area contributed by atoms with Gasteiger partial charge in [-0.2, -0.15) is 10.2 Å². The van der Waals surface area contributed by atoms with Gasteiger partial charge < -0.3 is 5.73 Å². The number of hydrogen-bond donors (Lipinski definition) is 3. The molecule has 5 nitrogen and oxygen atoms in total. The Hall–Kier alpha value is -5.40. The molecule has 0 aliphatic rings. The van der Waals surface area contributed by atoms with Crippen molar-refractivity contribution < 1.29 is 0 Å². The summed E-state index contributed by atoms with van der Waals surface area (Å²) in [5, 5.41) is 20.5. The molecule has 4 N–H and O–H groups in total. The summed E-state index contributed by atoms with van der Waals surface area (Å²) in [6.07, 6.45) is 0. The van der Waals surface area contributed by atoms with E-state index < -0.39 is 0 Å². The highest BCUT2D eigenvalue weighted by Gasteiger charge is 2.25. The van der Waals surface area contributed by atoms with Crippen LogP contribution in [0.5, 0.6) is 0 Å². The van der Waals surface area contributed by atoms with Crippen molar-refractivity contribution in [3.8, 4) is 39.0 Å². The van der Waals surface area contributed by atoms with Crippen molar-refractivity contribution in [3.63, 3.8) is 0 Å². The van der Waals surface area contributed by atoms with Crippen molar-refractivity contribution in [2.45, 2.75) is 20.8 Å². The molecule has 0 aliphatic heterocycles. The van der Waals surface area contributed by atoms with E-state index in [0.717, 1.165) is 32.5 Å². The highest BCUT2D eigenvalue weighted by atomic mass is 32.1.